The zero-order valence-corrected chi connectivity index (χ0v) is 19.8. The standard InChI is InChI=1S/C20H23F3N6O2P2/c21-17(32)16-14-15(25-8-26-18(14)28-19(30)31-16)11-5-10(20(22,23)33)6-13(27-11)29-4-3-24-12(7-29)9-1-2-9/h5-6,8-9,12,16-17,24H,1-4,7,32-33H2,(H,25,26,28,30)/t12-,16?,17?/m1/s1. The summed E-state index contributed by atoms with van der Waals surface area (Å²) in [5.41, 5.74) is -3.07. The summed E-state index contributed by atoms with van der Waals surface area (Å²) < 4.78 is 48.3. The first-order chi connectivity index (χ1) is 15.7. The second-order valence-corrected chi connectivity index (χ2v) is 9.81. The monoisotopic (exact) mass is 498 g/mol. The Labute approximate surface area is 192 Å². The fourth-order valence-electron chi connectivity index (χ4n) is 4.29. The van der Waals surface area contributed by atoms with Crippen LogP contribution in [0.4, 0.5) is 29.6 Å². The molecule has 2 N–H and O–H groups in total. The molecule has 33 heavy (non-hydrogen) atoms. The number of anilines is 2. The Morgan fingerprint density at radius 1 is 1.27 bits per heavy atom. The van der Waals surface area contributed by atoms with Crippen LogP contribution in [0, 0.1) is 5.92 Å². The van der Waals surface area contributed by atoms with E-state index >= 15 is 0 Å². The van der Waals surface area contributed by atoms with Gasteiger partial charge >= 0.3 is 6.09 Å². The number of pyridine rings is 1. The Hall–Kier alpha value is -2.09. The van der Waals surface area contributed by atoms with E-state index in [4.69, 9.17) is 4.74 Å². The minimum absolute atomic E-state index is 0.0636. The summed E-state index contributed by atoms with van der Waals surface area (Å²) in [4.78, 5) is 26.7. The van der Waals surface area contributed by atoms with Crippen molar-refractivity contribution in [1.82, 2.24) is 20.3 Å². The SMILES string of the molecule is O=C1Nc2ncnc(-c3cc(C(F)(F)P)cc(N4CCN[C@@H](C5CC5)C4)n3)c2C(C(F)P)O1. The van der Waals surface area contributed by atoms with Gasteiger partial charge in [0.1, 0.15) is 23.7 Å². The number of nitrogens with one attached hydrogen (secondary N) is 2. The van der Waals surface area contributed by atoms with Gasteiger partial charge in [-0.15, -0.1) is 0 Å². The van der Waals surface area contributed by atoms with E-state index in [2.05, 4.69) is 25.6 Å². The molecule has 0 aromatic carbocycles. The van der Waals surface area contributed by atoms with E-state index in [1.54, 1.807) is 9.24 Å². The molecule has 1 amide bonds. The lowest BCUT2D eigenvalue weighted by Crippen LogP contribution is -2.52. The van der Waals surface area contributed by atoms with Gasteiger partial charge in [0.25, 0.3) is 5.66 Å². The lowest BCUT2D eigenvalue weighted by atomic mass is 10.0. The molecule has 3 aliphatic rings. The molecule has 0 spiro atoms. The number of hydrogen-bond donors (Lipinski definition) is 2. The number of ether oxygens (including phenoxy) is 1. The summed E-state index contributed by atoms with van der Waals surface area (Å²) in [6.07, 6.45) is 1.32. The van der Waals surface area contributed by atoms with E-state index in [1.807, 2.05) is 14.1 Å². The molecule has 4 unspecified atom stereocenters. The quantitative estimate of drug-likeness (QED) is 0.611. The van der Waals surface area contributed by atoms with Crippen molar-refractivity contribution in [2.75, 3.05) is 29.9 Å². The molecule has 2 aliphatic heterocycles. The number of nitrogens with zero attached hydrogens (tertiary/aromatic N) is 4. The summed E-state index contributed by atoms with van der Waals surface area (Å²) in [6, 6.07) is 2.89. The number of rotatable bonds is 5. The number of carbonyl (C=O) groups is 1. The number of amides is 1. The third-order valence-corrected chi connectivity index (χ3v) is 6.75. The molecule has 13 heteroatoms. The Kier molecular flexibility index (Phi) is 5.91. The van der Waals surface area contributed by atoms with Gasteiger partial charge in [0.05, 0.1) is 11.3 Å². The molecule has 2 aromatic heterocycles. The number of cyclic esters (lactones) is 1. The molecule has 0 bridgehead atoms. The van der Waals surface area contributed by atoms with Crippen LogP contribution in [0.15, 0.2) is 18.5 Å². The number of piperazine rings is 1. The largest absolute Gasteiger partial charge is 0.437 e. The normalized spacial score (nSPS) is 24.0. The molecular weight excluding hydrogens is 475 g/mol. The zero-order chi connectivity index (χ0) is 23.3. The van der Waals surface area contributed by atoms with Crippen molar-refractivity contribution in [3.8, 4) is 11.4 Å². The summed E-state index contributed by atoms with van der Waals surface area (Å²) in [5.74, 6) is -0.603. The highest BCUT2D eigenvalue weighted by Gasteiger charge is 2.38. The second-order valence-electron chi connectivity index (χ2n) is 8.45. The average Bonchev–Trinajstić information content (AvgIpc) is 3.62. The third kappa shape index (κ3) is 4.63. The summed E-state index contributed by atoms with van der Waals surface area (Å²) in [7, 11) is 3.48. The highest BCUT2D eigenvalue weighted by molar-refractivity contribution is 7.17. The Morgan fingerprint density at radius 2 is 2.06 bits per heavy atom. The van der Waals surface area contributed by atoms with Crippen LogP contribution in [0.25, 0.3) is 11.4 Å². The number of alkyl halides is 3. The maximum Gasteiger partial charge on any atom is 0.413 e. The van der Waals surface area contributed by atoms with Crippen LogP contribution < -0.4 is 15.5 Å². The van der Waals surface area contributed by atoms with E-state index in [1.165, 1.54) is 18.5 Å². The third-order valence-electron chi connectivity index (χ3n) is 6.07. The van der Waals surface area contributed by atoms with E-state index < -0.39 is 23.8 Å². The van der Waals surface area contributed by atoms with Crippen molar-refractivity contribution in [3.05, 3.63) is 29.6 Å². The number of halogens is 3. The first-order valence-electron chi connectivity index (χ1n) is 10.6. The molecule has 1 saturated carbocycles. The van der Waals surface area contributed by atoms with Crippen LogP contribution in [-0.4, -0.2) is 52.6 Å². The van der Waals surface area contributed by atoms with Crippen molar-refractivity contribution >= 4 is 36.2 Å². The van der Waals surface area contributed by atoms with Crippen LogP contribution in [0.1, 0.15) is 30.1 Å². The van der Waals surface area contributed by atoms with Gasteiger partial charge < -0.3 is 15.0 Å². The molecule has 4 heterocycles. The number of fused-ring (bicyclic) bond motifs is 1. The predicted octanol–water partition coefficient (Wildman–Crippen LogP) is 3.43. The van der Waals surface area contributed by atoms with E-state index in [-0.39, 0.29) is 34.4 Å². The Bertz CT molecular complexity index is 1080. The van der Waals surface area contributed by atoms with Gasteiger partial charge in [-0.2, -0.15) is 8.78 Å². The lowest BCUT2D eigenvalue weighted by molar-refractivity contribution is 0.0777. The number of aromatic nitrogens is 3. The molecule has 1 saturated heterocycles. The minimum Gasteiger partial charge on any atom is -0.437 e. The van der Waals surface area contributed by atoms with Gasteiger partial charge in [-0.25, -0.2) is 24.1 Å². The van der Waals surface area contributed by atoms with Crippen molar-refractivity contribution in [2.24, 2.45) is 5.92 Å². The molecule has 5 rings (SSSR count). The van der Waals surface area contributed by atoms with Gasteiger partial charge in [-0.3, -0.25) is 5.32 Å². The highest BCUT2D eigenvalue weighted by atomic mass is 31.0. The maximum absolute atomic E-state index is 14.4. The minimum atomic E-state index is -3.21. The van der Waals surface area contributed by atoms with Gasteiger partial charge in [-0.1, -0.05) is 18.5 Å². The van der Waals surface area contributed by atoms with Crippen molar-refractivity contribution < 1.29 is 22.7 Å². The summed E-state index contributed by atoms with van der Waals surface area (Å²) in [5, 5.41) is 5.91. The van der Waals surface area contributed by atoms with Crippen LogP contribution in [0.2, 0.25) is 0 Å². The predicted molar refractivity (Wildman–Crippen MR) is 123 cm³/mol. The fraction of sp³-hybridized carbons (Fsp3) is 0.500. The molecular formula is C20H23F3N6O2P2. The average molecular weight is 498 g/mol. The van der Waals surface area contributed by atoms with E-state index in [9.17, 15) is 18.0 Å². The van der Waals surface area contributed by atoms with Gasteiger partial charge in [0.2, 0.25) is 0 Å². The first-order valence-corrected chi connectivity index (χ1v) is 11.9. The van der Waals surface area contributed by atoms with Crippen molar-refractivity contribution in [2.45, 2.75) is 36.6 Å². The second kappa shape index (κ2) is 8.60. The topological polar surface area (TPSA) is 92.3 Å². The number of carbonyl (C=O) groups excluding carboxylic acids is 1. The van der Waals surface area contributed by atoms with Crippen molar-refractivity contribution in [1.29, 1.82) is 0 Å². The Balaban J connectivity index is 1.61. The van der Waals surface area contributed by atoms with Crippen LogP contribution >= 0.6 is 18.5 Å². The summed E-state index contributed by atoms with van der Waals surface area (Å²) >= 11 is 0. The molecule has 176 valence electrons. The zero-order valence-electron chi connectivity index (χ0n) is 17.5. The first kappa shape index (κ1) is 22.7. The summed E-state index contributed by atoms with van der Waals surface area (Å²) in [6.45, 7) is 2.00. The highest BCUT2D eigenvalue weighted by Crippen LogP contribution is 2.43. The fourth-order valence-corrected chi connectivity index (χ4v) is 4.72. The smallest absolute Gasteiger partial charge is 0.413 e. The van der Waals surface area contributed by atoms with Gasteiger partial charge in [0.15, 0.2) is 12.0 Å². The molecule has 2 aromatic rings. The number of hydrogen-bond acceptors (Lipinski definition) is 7. The van der Waals surface area contributed by atoms with Crippen LogP contribution in [0.3, 0.4) is 0 Å². The van der Waals surface area contributed by atoms with E-state index in [0.29, 0.717) is 24.8 Å². The maximum atomic E-state index is 14.4. The molecule has 1 aliphatic carbocycles. The van der Waals surface area contributed by atoms with Crippen LogP contribution in [0.5, 0.6) is 0 Å². The van der Waals surface area contributed by atoms with Gasteiger partial charge in [-0.05, 0) is 30.9 Å². The molecule has 5 atom stereocenters. The molecule has 2 fully saturated rings. The van der Waals surface area contributed by atoms with E-state index in [0.717, 1.165) is 19.4 Å². The molecule has 0 radical (unpaired) electrons. The Morgan fingerprint density at radius 3 is 2.76 bits per heavy atom. The van der Waals surface area contributed by atoms with Gasteiger partial charge in [0, 0.05) is 31.2 Å². The van der Waals surface area contributed by atoms with Crippen LogP contribution in [-0.2, 0) is 10.4 Å². The van der Waals surface area contributed by atoms with Crippen molar-refractivity contribution in [3.63, 3.8) is 0 Å². The molecule has 8 nitrogen and oxygen atoms in total. The lowest BCUT2D eigenvalue weighted by Gasteiger charge is -2.35.